The maximum atomic E-state index is 5.78. The van der Waals surface area contributed by atoms with Gasteiger partial charge < -0.3 is 15.4 Å². The van der Waals surface area contributed by atoms with Crippen LogP contribution in [-0.4, -0.2) is 55.6 Å². The smallest absolute Gasteiger partial charge is 0.112 e. The maximum Gasteiger partial charge on any atom is 0.112 e. The van der Waals surface area contributed by atoms with Gasteiger partial charge in [-0.15, -0.1) is 11.3 Å². The van der Waals surface area contributed by atoms with Gasteiger partial charge >= 0.3 is 0 Å². The molecule has 2 N–H and O–H groups in total. The maximum absolute atomic E-state index is 5.78. The molecule has 1 saturated heterocycles. The van der Waals surface area contributed by atoms with E-state index >= 15 is 0 Å². The molecule has 6 heteroatoms. The van der Waals surface area contributed by atoms with E-state index < -0.39 is 0 Å². The summed E-state index contributed by atoms with van der Waals surface area (Å²) in [5.74, 6) is 0. The number of hydrogen-bond acceptors (Lipinski definition) is 6. The molecule has 1 aliphatic heterocycles. The molecule has 2 heterocycles. The van der Waals surface area contributed by atoms with Crippen molar-refractivity contribution >= 4 is 11.3 Å². The molecular formula is C12H22N4OS. The van der Waals surface area contributed by atoms with Gasteiger partial charge in [-0.1, -0.05) is 0 Å². The molecule has 18 heavy (non-hydrogen) atoms. The van der Waals surface area contributed by atoms with Crippen molar-refractivity contribution in [2.45, 2.75) is 19.2 Å². The summed E-state index contributed by atoms with van der Waals surface area (Å²) in [4.78, 5) is 10.6. The second-order valence-electron chi connectivity index (χ2n) is 4.82. The number of likely N-dealkylation sites (N-methyl/N-ethyl adjacent to an activating group) is 2. The number of methoxy groups -OCH3 is 1. The van der Waals surface area contributed by atoms with Crippen LogP contribution in [0.15, 0.2) is 0 Å². The Morgan fingerprint density at radius 1 is 1.44 bits per heavy atom. The molecule has 1 aliphatic rings. The van der Waals surface area contributed by atoms with Crippen molar-refractivity contribution in [2.24, 2.45) is 5.73 Å². The monoisotopic (exact) mass is 270 g/mol. The van der Waals surface area contributed by atoms with Crippen molar-refractivity contribution in [3.05, 3.63) is 15.6 Å². The predicted octanol–water partition coefficient (Wildman–Crippen LogP) is 0.667. The van der Waals surface area contributed by atoms with Crippen LogP contribution in [-0.2, 0) is 17.9 Å². The fourth-order valence-electron chi connectivity index (χ4n) is 2.23. The van der Waals surface area contributed by atoms with Gasteiger partial charge in [0.15, 0.2) is 0 Å². The fourth-order valence-corrected chi connectivity index (χ4v) is 3.34. The van der Waals surface area contributed by atoms with E-state index in [1.165, 1.54) is 0 Å². The van der Waals surface area contributed by atoms with Gasteiger partial charge in [-0.05, 0) is 14.1 Å². The van der Waals surface area contributed by atoms with E-state index in [2.05, 4.69) is 23.9 Å². The molecule has 1 aromatic rings. The second-order valence-corrected chi connectivity index (χ2v) is 5.93. The summed E-state index contributed by atoms with van der Waals surface area (Å²) < 4.78 is 5.18. The van der Waals surface area contributed by atoms with Crippen LogP contribution >= 0.6 is 11.3 Å². The zero-order valence-electron chi connectivity index (χ0n) is 11.3. The van der Waals surface area contributed by atoms with Crippen LogP contribution in [0.1, 0.15) is 21.6 Å². The van der Waals surface area contributed by atoms with E-state index in [4.69, 9.17) is 15.5 Å². The first-order valence-electron chi connectivity index (χ1n) is 6.22. The Morgan fingerprint density at radius 3 is 2.89 bits per heavy atom. The van der Waals surface area contributed by atoms with E-state index in [0.717, 1.165) is 35.2 Å². The third-order valence-electron chi connectivity index (χ3n) is 3.40. The van der Waals surface area contributed by atoms with Gasteiger partial charge in [0.1, 0.15) is 5.01 Å². The lowest BCUT2D eigenvalue weighted by Crippen LogP contribution is -2.44. The molecule has 1 atom stereocenters. The molecule has 0 saturated carbocycles. The fraction of sp³-hybridized carbons (Fsp3) is 0.750. The number of piperazine rings is 1. The van der Waals surface area contributed by atoms with E-state index in [9.17, 15) is 0 Å². The largest absolute Gasteiger partial charge is 0.378 e. The van der Waals surface area contributed by atoms with E-state index in [1.807, 2.05) is 0 Å². The molecular weight excluding hydrogens is 248 g/mol. The summed E-state index contributed by atoms with van der Waals surface area (Å²) in [5.41, 5.74) is 6.78. The van der Waals surface area contributed by atoms with E-state index in [1.54, 1.807) is 18.4 Å². The average Bonchev–Trinajstić information content (AvgIpc) is 2.76. The lowest BCUT2D eigenvalue weighted by Gasteiger charge is -2.36. The van der Waals surface area contributed by atoms with Gasteiger partial charge in [0, 0.05) is 38.2 Å². The summed E-state index contributed by atoms with van der Waals surface area (Å²) in [5, 5.41) is 1.16. The van der Waals surface area contributed by atoms with Crippen molar-refractivity contribution in [2.75, 3.05) is 40.8 Å². The molecule has 0 bridgehead atoms. The highest BCUT2D eigenvalue weighted by Crippen LogP contribution is 2.29. The zero-order chi connectivity index (χ0) is 13.1. The molecule has 0 spiro atoms. The highest BCUT2D eigenvalue weighted by Gasteiger charge is 2.27. The van der Waals surface area contributed by atoms with Crippen molar-refractivity contribution in [1.29, 1.82) is 0 Å². The number of rotatable bonds is 4. The molecule has 1 aromatic heterocycles. The number of hydrogen-bond donors (Lipinski definition) is 1. The van der Waals surface area contributed by atoms with Gasteiger partial charge in [-0.3, -0.25) is 4.90 Å². The zero-order valence-corrected chi connectivity index (χ0v) is 12.2. The number of nitrogens with two attached hydrogens (primary N) is 1. The first-order chi connectivity index (χ1) is 8.65. The van der Waals surface area contributed by atoms with Gasteiger partial charge in [0.25, 0.3) is 0 Å². The normalized spacial score (nSPS) is 22.6. The van der Waals surface area contributed by atoms with Crippen molar-refractivity contribution in [3.8, 4) is 0 Å². The number of aromatic nitrogens is 1. The Balaban J connectivity index is 2.21. The summed E-state index contributed by atoms with van der Waals surface area (Å²) in [6, 6.07) is 0.379. The van der Waals surface area contributed by atoms with Gasteiger partial charge in [0.05, 0.1) is 18.3 Å². The van der Waals surface area contributed by atoms with E-state index in [0.29, 0.717) is 19.2 Å². The van der Waals surface area contributed by atoms with E-state index in [-0.39, 0.29) is 0 Å². The van der Waals surface area contributed by atoms with Crippen LogP contribution in [0, 0.1) is 0 Å². The standard InChI is InChI=1S/C12H22N4OS/c1-15-4-5-16(2)10(7-15)12-14-9(8-17-3)11(6-13)18-12/h10H,4-8,13H2,1-3H3. The van der Waals surface area contributed by atoms with Gasteiger partial charge in [-0.25, -0.2) is 4.98 Å². The van der Waals surface area contributed by atoms with Crippen molar-refractivity contribution < 1.29 is 4.74 Å². The highest BCUT2D eigenvalue weighted by atomic mass is 32.1. The lowest BCUT2D eigenvalue weighted by molar-refractivity contribution is 0.114. The summed E-state index contributed by atoms with van der Waals surface area (Å²) in [7, 11) is 6.02. The highest BCUT2D eigenvalue weighted by molar-refractivity contribution is 7.11. The Bertz CT molecular complexity index is 395. The third-order valence-corrected chi connectivity index (χ3v) is 4.62. The van der Waals surface area contributed by atoms with Crippen LogP contribution < -0.4 is 5.73 Å². The molecule has 0 aromatic carbocycles. The summed E-state index contributed by atoms with van der Waals surface area (Å²) >= 11 is 1.73. The average molecular weight is 270 g/mol. The number of nitrogens with zero attached hydrogens (tertiary/aromatic N) is 3. The van der Waals surface area contributed by atoms with Crippen LogP contribution in [0.5, 0.6) is 0 Å². The number of ether oxygens (including phenoxy) is 1. The Kier molecular flexibility index (Phi) is 4.69. The lowest BCUT2D eigenvalue weighted by atomic mass is 10.2. The first kappa shape index (κ1) is 13.9. The molecule has 102 valence electrons. The van der Waals surface area contributed by atoms with Crippen LogP contribution in [0.25, 0.3) is 0 Å². The minimum atomic E-state index is 0.379. The molecule has 5 nitrogen and oxygen atoms in total. The van der Waals surface area contributed by atoms with Crippen LogP contribution in [0.3, 0.4) is 0 Å². The van der Waals surface area contributed by atoms with Crippen molar-refractivity contribution in [3.63, 3.8) is 0 Å². The first-order valence-corrected chi connectivity index (χ1v) is 7.03. The number of thiazole rings is 1. The molecule has 0 radical (unpaired) electrons. The molecule has 0 amide bonds. The van der Waals surface area contributed by atoms with Crippen LogP contribution in [0.2, 0.25) is 0 Å². The molecule has 2 rings (SSSR count). The summed E-state index contributed by atoms with van der Waals surface area (Å²) in [6.07, 6.45) is 0. The second kappa shape index (κ2) is 6.08. The summed E-state index contributed by atoms with van der Waals surface area (Å²) in [6.45, 7) is 4.32. The Labute approximate surface area is 113 Å². The Hall–Kier alpha value is -0.530. The van der Waals surface area contributed by atoms with Crippen molar-refractivity contribution in [1.82, 2.24) is 14.8 Å². The molecule has 1 fully saturated rings. The Morgan fingerprint density at radius 2 is 2.22 bits per heavy atom. The third kappa shape index (κ3) is 2.89. The molecule has 0 aliphatic carbocycles. The van der Waals surface area contributed by atoms with Gasteiger partial charge in [0.2, 0.25) is 0 Å². The predicted molar refractivity (Wildman–Crippen MR) is 73.6 cm³/mol. The quantitative estimate of drug-likeness (QED) is 0.871. The topological polar surface area (TPSA) is 54.6 Å². The minimum Gasteiger partial charge on any atom is -0.378 e. The van der Waals surface area contributed by atoms with Crippen LogP contribution in [0.4, 0.5) is 0 Å². The molecule has 1 unspecified atom stereocenters. The SMILES string of the molecule is COCc1nc(C2CN(C)CCN2C)sc1CN. The minimum absolute atomic E-state index is 0.379. The van der Waals surface area contributed by atoms with Gasteiger partial charge in [-0.2, -0.15) is 0 Å².